The van der Waals surface area contributed by atoms with E-state index in [4.69, 9.17) is 0 Å². The van der Waals surface area contributed by atoms with Crippen molar-refractivity contribution in [2.75, 3.05) is 0 Å². The summed E-state index contributed by atoms with van der Waals surface area (Å²) in [5.74, 6) is 0. The van der Waals surface area contributed by atoms with Crippen LogP contribution in [0.1, 0.15) is 0 Å². The van der Waals surface area contributed by atoms with Gasteiger partial charge in [-0.2, -0.15) is 0 Å². The summed E-state index contributed by atoms with van der Waals surface area (Å²) in [4.78, 5) is 9.89. The summed E-state index contributed by atoms with van der Waals surface area (Å²) in [5.41, 5.74) is 0. The first-order valence-electron chi connectivity index (χ1n) is 2.09. The van der Waals surface area contributed by atoms with Crippen LogP contribution in [0.3, 0.4) is 0 Å². The van der Waals surface area contributed by atoms with Crippen molar-refractivity contribution in [3.8, 4) is 0 Å². The summed E-state index contributed by atoms with van der Waals surface area (Å²) in [6, 6.07) is 0. The SMILES string of the molecule is C[Si](C)(C)[N+](=O)[O-]. The first kappa shape index (κ1) is 6.62. The first-order chi connectivity index (χ1) is 2.94. The van der Waals surface area contributed by atoms with Crippen molar-refractivity contribution in [1.29, 1.82) is 0 Å². The highest BCUT2D eigenvalue weighted by Crippen LogP contribution is 1.98. The molecular weight excluding hydrogens is 110 g/mol. The van der Waals surface area contributed by atoms with Gasteiger partial charge in [0.05, 0.1) is 0 Å². The second-order valence-electron chi connectivity index (χ2n) is 2.43. The van der Waals surface area contributed by atoms with Crippen LogP contribution in [0.2, 0.25) is 19.6 Å². The van der Waals surface area contributed by atoms with Gasteiger partial charge in [0.25, 0.3) is 0 Å². The van der Waals surface area contributed by atoms with E-state index in [1.54, 1.807) is 19.6 Å². The van der Waals surface area contributed by atoms with Gasteiger partial charge in [-0.1, -0.05) is 4.59 Å². The average molecular weight is 119 g/mol. The fraction of sp³-hybridized carbons (Fsp3) is 1.00. The van der Waals surface area contributed by atoms with Crippen LogP contribution in [0.25, 0.3) is 0 Å². The minimum absolute atomic E-state index is 0.174. The summed E-state index contributed by atoms with van der Waals surface area (Å²) >= 11 is 0. The summed E-state index contributed by atoms with van der Waals surface area (Å²) in [6.07, 6.45) is 0. The van der Waals surface area contributed by atoms with Crippen LogP contribution < -0.4 is 0 Å². The minimum Gasteiger partial charge on any atom is -0.289 e. The second kappa shape index (κ2) is 1.61. The normalized spacial score (nSPS) is 11.3. The lowest BCUT2D eigenvalue weighted by atomic mass is 11.8. The van der Waals surface area contributed by atoms with Crippen LogP contribution in [0, 0.1) is 10.1 Å². The molecule has 4 heteroatoms. The van der Waals surface area contributed by atoms with Crippen LogP contribution in [0.4, 0.5) is 0 Å². The molecule has 0 atom stereocenters. The van der Waals surface area contributed by atoms with E-state index >= 15 is 0 Å². The van der Waals surface area contributed by atoms with E-state index in [9.17, 15) is 10.1 Å². The third-order valence-electron chi connectivity index (χ3n) is 0.548. The molecule has 0 saturated heterocycles. The fourth-order valence-electron chi connectivity index (χ4n) is 0. The maximum atomic E-state index is 9.89. The lowest BCUT2D eigenvalue weighted by Gasteiger charge is -2.01. The Hall–Kier alpha value is -0.383. The lowest BCUT2D eigenvalue weighted by Crippen LogP contribution is -2.31. The Kier molecular flexibility index (Phi) is 1.52. The van der Waals surface area contributed by atoms with Gasteiger partial charge in [-0.15, -0.1) is 0 Å². The third-order valence-corrected chi connectivity index (χ3v) is 1.64. The van der Waals surface area contributed by atoms with Gasteiger partial charge in [-0.25, -0.2) is 0 Å². The lowest BCUT2D eigenvalue weighted by molar-refractivity contribution is -0.340. The standard InChI is InChI=1S/C3H9NO2Si/c1-7(2,3)4(5)6/h1-3H3. The Labute approximate surface area is 43.6 Å². The highest BCUT2D eigenvalue weighted by atomic mass is 28.3. The molecule has 0 N–H and O–H groups in total. The van der Waals surface area contributed by atoms with Gasteiger partial charge in [-0.3, -0.25) is 10.1 Å². The smallest absolute Gasteiger partial charge is 0.289 e. The molecule has 0 aliphatic rings. The average Bonchev–Trinajstić information content (AvgIpc) is 1.31. The molecule has 0 aromatic carbocycles. The highest BCUT2D eigenvalue weighted by molar-refractivity contribution is 6.68. The zero-order valence-electron chi connectivity index (χ0n) is 4.76. The molecule has 0 saturated carbocycles. The number of nitro groups is 1. The second-order valence-corrected chi connectivity index (χ2v) is 7.13. The van der Waals surface area contributed by atoms with Gasteiger partial charge < -0.3 is 0 Å². The van der Waals surface area contributed by atoms with Crippen LogP contribution in [0.5, 0.6) is 0 Å². The predicted molar refractivity (Wildman–Crippen MR) is 30.3 cm³/mol. The van der Waals surface area contributed by atoms with Crippen molar-refractivity contribution in [2.45, 2.75) is 19.6 Å². The largest absolute Gasteiger partial charge is 0.416 e. The van der Waals surface area contributed by atoms with Gasteiger partial charge in [-0.05, 0) is 19.6 Å². The quantitative estimate of drug-likeness (QED) is 0.294. The van der Waals surface area contributed by atoms with Crippen molar-refractivity contribution in [3.05, 3.63) is 10.1 Å². The Bertz CT molecular complexity index is 85.4. The van der Waals surface area contributed by atoms with E-state index in [-0.39, 0.29) is 4.59 Å². The minimum atomic E-state index is -2.01. The molecule has 0 radical (unpaired) electrons. The number of hydrogen-bond donors (Lipinski definition) is 0. The maximum absolute atomic E-state index is 9.89. The number of hydrogen-bond acceptors (Lipinski definition) is 2. The summed E-state index contributed by atoms with van der Waals surface area (Å²) in [6.45, 7) is 5.10. The van der Waals surface area contributed by atoms with Crippen molar-refractivity contribution in [1.82, 2.24) is 0 Å². The monoisotopic (exact) mass is 119 g/mol. The maximum Gasteiger partial charge on any atom is 0.416 e. The molecule has 0 aliphatic carbocycles. The van der Waals surface area contributed by atoms with Crippen LogP contribution >= 0.6 is 0 Å². The third kappa shape index (κ3) is 2.33. The van der Waals surface area contributed by atoms with Crippen molar-refractivity contribution >= 4 is 8.24 Å². The van der Waals surface area contributed by atoms with Crippen molar-refractivity contribution in [3.63, 3.8) is 0 Å². The summed E-state index contributed by atoms with van der Waals surface area (Å²) in [5, 5.41) is 9.89. The van der Waals surface area contributed by atoms with Crippen LogP contribution in [-0.2, 0) is 0 Å². The van der Waals surface area contributed by atoms with Gasteiger partial charge in [0.15, 0.2) is 0 Å². The molecule has 0 aliphatic heterocycles. The number of nitrogens with zero attached hydrogens (tertiary/aromatic N) is 1. The molecular formula is C3H9NO2Si. The Morgan fingerprint density at radius 2 is 1.57 bits per heavy atom. The molecule has 0 spiro atoms. The van der Waals surface area contributed by atoms with Gasteiger partial charge in [0.2, 0.25) is 0 Å². The highest BCUT2D eigenvalue weighted by Gasteiger charge is 2.29. The van der Waals surface area contributed by atoms with E-state index in [1.165, 1.54) is 0 Å². The molecule has 3 nitrogen and oxygen atoms in total. The zero-order chi connectivity index (χ0) is 6.08. The predicted octanol–water partition coefficient (Wildman–Crippen LogP) is 1.10. The molecule has 7 heavy (non-hydrogen) atoms. The Morgan fingerprint density at radius 3 is 1.57 bits per heavy atom. The fourth-order valence-corrected chi connectivity index (χ4v) is 0. The molecule has 0 heterocycles. The summed E-state index contributed by atoms with van der Waals surface area (Å²) < 4.78 is -0.174. The van der Waals surface area contributed by atoms with Crippen molar-refractivity contribution < 1.29 is 4.59 Å². The van der Waals surface area contributed by atoms with E-state index < -0.39 is 8.24 Å². The Morgan fingerprint density at radius 1 is 1.43 bits per heavy atom. The van der Waals surface area contributed by atoms with E-state index in [1.807, 2.05) is 0 Å². The van der Waals surface area contributed by atoms with E-state index in [2.05, 4.69) is 0 Å². The zero-order valence-corrected chi connectivity index (χ0v) is 5.76. The van der Waals surface area contributed by atoms with Crippen LogP contribution in [0.15, 0.2) is 0 Å². The molecule has 0 rings (SSSR count). The molecule has 0 fully saturated rings. The van der Waals surface area contributed by atoms with E-state index in [0.29, 0.717) is 0 Å². The molecule has 0 aromatic rings. The molecule has 0 amide bonds. The molecule has 42 valence electrons. The first-order valence-corrected chi connectivity index (χ1v) is 5.54. The van der Waals surface area contributed by atoms with Crippen LogP contribution in [-0.4, -0.2) is 12.8 Å². The molecule has 0 bridgehead atoms. The van der Waals surface area contributed by atoms with Gasteiger partial charge in [0.1, 0.15) is 0 Å². The molecule has 0 aromatic heterocycles. The number of rotatable bonds is 1. The topological polar surface area (TPSA) is 43.1 Å². The van der Waals surface area contributed by atoms with Gasteiger partial charge in [0, 0.05) is 0 Å². The summed E-state index contributed by atoms with van der Waals surface area (Å²) in [7, 11) is -2.01. The molecule has 0 unspecified atom stereocenters. The Balaban J connectivity index is 3.79. The van der Waals surface area contributed by atoms with E-state index in [0.717, 1.165) is 0 Å². The van der Waals surface area contributed by atoms with Gasteiger partial charge >= 0.3 is 8.24 Å². The van der Waals surface area contributed by atoms with Crippen molar-refractivity contribution in [2.24, 2.45) is 0 Å².